The van der Waals surface area contributed by atoms with Crippen LogP contribution in [0.25, 0.3) is 0 Å². The van der Waals surface area contributed by atoms with Crippen molar-refractivity contribution < 1.29 is 9.84 Å². The molecule has 1 aromatic heterocycles. The third-order valence-corrected chi connectivity index (χ3v) is 2.57. The summed E-state index contributed by atoms with van der Waals surface area (Å²) in [5.41, 5.74) is 0.555. The molecule has 0 saturated carbocycles. The van der Waals surface area contributed by atoms with Crippen LogP contribution in [0.15, 0.2) is 16.7 Å². The molecule has 0 fully saturated rings. The second-order valence-corrected chi connectivity index (χ2v) is 4.67. The summed E-state index contributed by atoms with van der Waals surface area (Å²) < 4.78 is 6.03. The van der Waals surface area contributed by atoms with Gasteiger partial charge in [-0.05, 0) is 22.0 Å². The first-order valence-corrected chi connectivity index (χ1v) is 5.11. The fraction of sp³-hybridized carbons (Fsp3) is 0.500. The van der Waals surface area contributed by atoms with E-state index in [1.165, 1.54) is 0 Å². The third-order valence-electron chi connectivity index (χ3n) is 2.14. The van der Waals surface area contributed by atoms with Crippen molar-refractivity contribution in [3.05, 3.63) is 22.3 Å². The van der Waals surface area contributed by atoms with Gasteiger partial charge in [-0.1, -0.05) is 13.8 Å². The zero-order valence-corrected chi connectivity index (χ0v) is 10.1. The molecule has 0 spiro atoms. The van der Waals surface area contributed by atoms with Crippen LogP contribution in [0.5, 0.6) is 5.88 Å². The molecule has 1 aromatic rings. The summed E-state index contributed by atoms with van der Waals surface area (Å²) in [6.45, 7) is 3.94. The van der Waals surface area contributed by atoms with Gasteiger partial charge in [0.05, 0.1) is 13.7 Å². The van der Waals surface area contributed by atoms with Crippen LogP contribution in [-0.2, 0) is 5.41 Å². The van der Waals surface area contributed by atoms with Crippen LogP contribution < -0.4 is 4.74 Å². The Balaban J connectivity index is 3.23. The van der Waals surface area contributed by atoms with Crippen LogP contribution in [-0.4, -0.2) is 23.8 Å². The summed E-state index contributed by atoms with van der Waals surface area (Å²) in [6, 6.07) is 1.92. The van der Waals surface area contributed by atoms with Crippen molar-refractivity contribution in [3.8, 4) is 5.88 Å². The van der Waals surface area contributed by atoms with Crippen molar-refractivity contribution in [2.24, 2.45) is 0 Å². The molecule has 1 rings (SSSR count). The molecule has 0 bridgehead atoms. The number of rotatable bonds is 3. The lowest BCUT2D eigenvalue weighted by Gasteiger charge is -2.23. The lowest BCUT2D eigenvalue weighted by molar-refractivity contribution is 0.214. The van der Waals surface area contributed by atoms with Crippen LogP contribution in [0.4, 0.5) is 0 Å². The van der Waals surface area contributed by atoms with E-state index < -0.39 is 0 Å². The van der Waals surface area contributed by atoms with Gasteiger partial charge in [-0.15, -0.1) is 0 Å². The molecule has 0 unspecified atom stereocenters. The zero-order chi connectivity index (χ0) is 10.8. The Bertz CT molecular complexity index is 326. The minimum atomic E-state index is -0.345. The second kappa shape index (κ2) is 4.28. The predicted molar refractivity (Wildman–Crippen MR) is 58.6 cm³/mol. The average molecular weight is 260 g/mol. The summed E-state index contributed by atoms with van der Waals surface area (Å²) in [4.78, 5) is 4.13. The minimum absolute atomic E-state index is 0.0570. The van der Waals surface area contributed by atoms with Gasteiger partial charge in [0.1, 0.15) is 0 Å². The van der Waals surface area contributed by atoms with Gasteiger partial charge in [-0.3, -0.25) is 0 Å². The summed E-state index contributed by atoms with van der Waals surface area (Å²) in [5, 5.41) is 9.26. The highest BCUT2D eigenvalue weighted by atomic mass is 79.9. The van der Waals surface area contributed by atoms with Crippen molar-refractivity contribution in [2.45, 2.75) is 19.3 Å². The van der Waals surface area contributed by atoms with Gasteiger partial charge in [-0.25, -0.2) is 4.98 Å². The van der Waals surface area contributed by atoms with Crippen molar-refractivity contribution in [3.63, 3.8) is 0 Å². The maximum absolute atomic E-state index is 9.26. The molecule has 1 heterocycles. The molecule has 0 aliphatic carbocycles. The molecule has 4 heteroatoms. The molecule has 14 heavy (non-hydrogen) atoms. The number of halogens is 1. The van der Waals surface area contributed by atoms with Crippen molar-refractivity contribution in [2.75, 3.05) is 13.7 Å². The number of hydrogen-bond donors (Lipinski definition) is 1. The van der Waals surface area contributed by atoms with Gasteiger partial charge < -0.3 is 9.84 Å². The lowest BCUT2D eigenvalue weighted by atomic mass is 9.86. The first kappa shape index (κ1) is 11.5. The molecule has 78 valence electrons. The largest absolute Gasteiger partial charge is 0.481 e. The van der Waals surface area contributed by atoms with E-state index in [0.717, 1.165) is 10.0 Å². The van der Waals surface area contributed by atoms with Gasteiger partial charge in [0, 0.05) is 21.6 Å². The third kappa shape index (κ3) is 2.25. The number of nitrogens with zero attached hydrogens (tertiary/aromatic N) is 1. The monoisotopic (exact) mass is 259 g/mol. The van der Waals surface area contributed by atoms with E-state index >= 15 is 0 Å². The Morgan fingerprint density at radius 2 is 2.21 bits per heavy atom. The number of methoxy groups -OCH3 is 1. The summed E-state index contributed by atoms with van der Waals surface area (Å²) in [6.07, 6.45) is 1.68. The van der Waals surface area contributed by atoms with Crippen molar-refractivity contribution >= 4 is 15.9 Å². The SMILES string of the molecule is COc1ncc(Br)cc1C(C)(C)CO. The van der Waals surface area contributed by atoms with Gasteiger partial charge in [-0.2, -0.15) is 0 Å². The fourth-order valence-corrected chi connectivity index (χ4v) is 1.49. The summed E-state index contributed by atoms with van der Waals surface area (Å²) in [7, 11) is 1.58. The van der Waals surface area contributed by atoms with E-state index in [-0.39, 0.29) is 12.0 Å². The van der Waals surface area contributed by atoms with E-state index in [0.29, 0.717) is 5.88 Å². The number of aliphatic hydroxyl groups excluding tert-OH is 1. The number of hydrogen-bond acceptors (Lipinski definition) is 3. The Morgan fingerprint density at radius 1 is 1.57 bits per heavy atom. The Hall–Kier alpha value is -0.610. The maximum atomic E-state index is 9.26. The second-order valence-electron chi connectivity index (χ2n) is 3.75. The first-order valence-electron chi connectivity index (χ1n) is 4.32. The maximum Gasteiger partial charge on any atom is 0.216 e. The van der Waals surface area contributed by atoms with E-state index in [9.17, 15) is 5.11 Å². The Labute approximate surface area is 92.3 Å². The van der Waals surface area contributed by atoms with Crippen LogP contribution in [0.1, 0.15) is 19.4 Å². The molecular formula is C10H14BrNO2. The molecule has 1 N–H and O–H groups in total. The summed E-state index contributed by atoms with van der Waals surface area (Å²) in [5.74, 6) is 0.562. The molecular weight excluding hydrogens is 246 g/mol. The van der Waals surface area contributed by atoms with Crippen LogP contribution in [0, 0.1) is 0 Å². The quantitative estimate of drug-likeness (QED) is 0.905. The van der Waals surface area contributed by atoms with E-state index in [1.54, 1.807) is 13.3 Å². The van der Waals surface area contributed by atoms with Gasteiger partial charge in [0.15, 0.2) is 0 Å². The van der Waals surface area contributed by atoms with Gasteiger partial charge >= 0.3 is 0 Å². The minimum Gasteiger partial charge on any atom is -0.481 e. The molecule has 0 aliphatic heterocycles. The van der Waals surface area contributed by atoms with Crippen LogP contribution in [0.3, 0.4) is 0 Å². The molecule has 0 atom stereocenters. The number of ether oxygens (including phenoxy) is 1. The molecule has 0 aliphatic rings. The van der Waals surface area contributed by atoms with Crippen LogP contribution >= 0.6 is 15.9 Å². The van der Waals surface area contributed by atoms with Gasteiger partial charge in [0.2, 0.25) is 5.88 Å². The molecule has 0 saturated heterocycles. The standard InChI is InChI=1S/C10H14BrNO2/c1-10(2,6-13)8-4-7(11)5-12-9(8)14-3/h4-5,13H,6H2,1-3H3. The Morgan fingerprint density at radius 3 is 2.71 bits per heavy atom. The molecule has 0 aromatic carbocycles. The first-order chi connectivity index (χ1) is 6.51. The Kier molecular flexibility index (Phi) is 3.50. The van der Waals surface area contributed by atoms with E-state index in [1.807, 2.05) is 19.9 Å². The highest BCUT2D eigenvalue weighted by molar-refractivity contribution is 9.10. The zero-order valence-electron chi connectivity index (χ0n) is 8.54. The van der Waals surface area contributed by atoms with E-state index in [4.69, 9.17) is 4.74 Å². The average Bonchev–Trinajstić information content (AvgIpc) is 2.18. The highest BCUT2D eigenvalue weighted by Gasteiger charge is 2.24. The molecule has 0 radical (unpaired) electrons. The normalized spacial score (nSPS) is 11.5. The smallest absolute Gasteiger partial charge is 0.216 e. The van der Waals surface area contributed by atoms with Crippen molar-refractivity contribution in [1.29, 1.82) is 0 Å². The number of aromatic nitrogens is 1. The fourth-order valence-electron chi connectivity index (χ4n) is 1.16. The number of aliphatic hydroxyl groups is 1. The predicted octanol–water partition coefficient (Wildman–Crippen LogP) is 2.12. The highest BCUT2D eigenvalue weighted by Crippen LogP contribution is 2.31. The lowest BCUT2D eigenvalue weighted by Crippen LogP contribution is -2.23. The van der Waals surface area contributed by atoms with Gasteiger partial charge in [0.25, 0.3) is 0 Å². The molecule has 3 nitrogen and oxygen atoms in total. The van der Waals surface area contributed by atoms with Crippen molar-refractivity contribution in [1.82, 2.24) is 4.98 Å². The topological polar surface area (TPSA) is 42.4 Å². The number of pyridine rings is 1. The summed E-state index contributed by atoms with van der Waals surface area (Å²) >= 11 is 3.35. The van der Waals surface area contributed by atoms with E-state index in [2.05, 4.69) is 20.9 Å². The van der Waals surface area contributed by atoms with Crippen LogP contribution in [0.2, 0.25) is 0 Å². The molecule has 0 amide bonds.